The van der Waals surface area contributed by atoms with Crippen molar-refractivity contribution in [2.24, 2.45) is 11.8 Å². The molecule has 0 aromatic carbocycles. The molecular weight excluding hydrogens is 208 g/mol. The Morgan fingerprint density at radius 2 is 2.53 bits per heavy atom. The number of rotatable bonds is 4. The lowest BCUT2D eigenvalue weighted by Crippen LogP contribution is -2.14. The van der Waals surface area contributed by atoms with E-state index < -0.39 is 0 Å². The molecule has 1 fully saturated rings. The van der Waals surface area contributed by atoms with E-state index in [4.69, 9.17) is 5.84 Å². The van der Waals surface area contributed by atoms with E-state index in [1.807, 2.05) is 23.9 Å². The molecule has 1 aromatic heterocycles. The highest BCUT2D eigenvalue weighted by Crippen LogP contribution is 2.23. The Morgan fingerprint density at radius 3 is 3.27 bits per heavy atom. The Kier molecular flexibility index (Phi) is 3.69. The smallest absolute Gasteiger partial charge is 0.141 e. The standard InChI is InChI=1S/C10H16N4S/c11-14-10-5-9(1-3-12-10)13-6-8-2-4-15-7-8/h1,3,5,8H,2,4,6-7,11H2,(H2,12,13,14). The molecule has 1 atom stereocenters. The second-order valence-electron chi connectivity index (χ2n) is 3.68. The van der Waals surface area contributed by atoms with Crippen molar-refractivity contribution < 1.29 is 0 Å². The van der Waals surface area contributed by atoms with E-state index in [0.717, 1.165) is 18.2 Å². The maximum atomic E-state index is 5.29. The predicted molar refractivity (Wildman–Crippen MR) is 66.0 cm³/mol. The minimum atomic E-state index is 0.695. The summed E-state index contributed by atoms with van der Waals surface area (Å²) >= 11 is 2.04. The zero-order valence-electron chi connectivity index (χ0n) is 8.57. The largest absolute Gasteiger partial charge is 0.385 e. The first-order valence-corrected chi connectivity index (χ1v) is 6.28. The van der Waals surface area contributed by atoms with Crippen molar-refractivity contribution in [2.45, 2.75) is 6.42 Å². The number of nitrogens with one attached hydrogen (secondary N) is 2. The van der Waals surface area contributed by atoms with Gasteiger partial charge in [-0.1, -0.05) is 0 Å². The molecule has 4 nitrogen and oxygen atoms in total. The van der Waals surface area contributed by atoms with Crippen molar-refractivity contribution >= 4 is 23.3 Å². The number of thioether (sulfide) groups is 1. The lowest BCUT2D eigenvalue weighted by atomic mass is 10.1. The molecule has 0 amide bonds. The van der Waals surface area contributed by atoms with E-state index in [0.29, 0.717) is 5.82 Å². The van der Waals surface area contributed by atoms with Crippen LogP contribution in [0.2, 0.25) is 0 Å². The first kappa shape index (κ1) is 10.6. The average molecular weight is 224 g/mol. The second-order valence-corrected chi connectivity index (χ2v) is 4.83. The van der Waals surface area contributed by atoms with Gasteiger partial charge in [-0.2, -0.15) is 11.8 Å². The van der Waals surface area contributed by atoms with Crippen LogP contribution in [-0.4, -0.2) is 23.0 Å². The first-order valence-electron chi connectivity index (χ1n) is 5.13. The summed E-state index contributed by atoms with van der Waals surface area (Å²) in [7, 11) is 0. The van der Waals surface area contributed by atoms with Gasteiger partial charge in [-0.05, 0) is 29.9 Å². The number of hydrazine groups is 1. The van der Waals surface area contributed by atoms with Crippen molar-refractivity contribution in [2.75, 3.05) is 28.8 Å². The van der Waals surface area contributed by atoms with Crippen LogP contribution >= 0.6 is 11.8 Å². The van der Waals surface area contributed by atoms with Crippen LogP contribution in [0.3, 0.4) is 0 Å². The van der Waals surface area contributed by atoms with Crippen LogP contribution in [0, 0.1) is 5.92 Å². The summed E-state index contributed by atoms with van der Waals surface area (Å²) < 4.78 is 0. The summed E-state index contributed by atoms with van der Waals surface area (Å²) in [5, 5.41) is 3.41. The normalized spacial score (nSPS) is 20.2. The van der Waals surface area contributed by atoms with Crippen LogP contribution in [0.25, 0.3) is 0 Å². The summed E-state index contributed by atoms with van der Waals surface area (Å²) in [6, 6.07) is 3.88. The fraction of sp³-hybridized carbons (Fsp3) is 0.500. The Bertz CT molecular complexity index is 312. The highest BCUT2D eigenvalue weighted by molar-refractivity contribution is 7.99. The highest BCUT2D eigenvalue weighted by atomic mass is 32.2. The lowest BCUT2D eigenvalue weighted by Gasteiger charge is -2.11. The van der Waals surface area contributed by atoms with Crippen LogP contribution in [0.5, 0.6) is 0 Å². The summed E-state index contributed by atoms with van der Waals surface area (Å²) in [5.41, 5.74) is 3.62. The zero-order valence-corrected chi connectivity index (χ0v) is 9.39. The zero-order chi connectivity index (χ0) is 10.5. The molecule has 2 rings (SSSR count). The Hall–Kier alpha value is -0.940. The molecule has 0 spiro atoms. The predicted octanol–water partition coefficient (Wildman–Crippen LogP) is 1.53. The molecule has 1 unspecified atom stereocenters. The van der Waals surface area contributed by atoms with Crippen molar-refractivity contribution in [3.63, 3.8) is 0 Å². The number of pyridine rings is 1. The third-order valence-electron chi connectivity index (χ3n) is 2.53. The molecule has 1 saturated heterocycles. The third-order valence-corrected chi connectivity index (χ3v) is 3.76. The van der Waals surface area contributed by atoms with Gasteiger partial charge in [0.25, 0.3) is 0 Å². The van der Waals surface area contributed by atoms with E-state index in [-0.39, 0.29) is 0 Å². The Labute approximate surface area is 94.0 Å². The molecule has 1 aliphatic rings. The fourth-order valence-corrected chi connectivity index (χ4v) is 2.91. The molecule has 2 heterocycles. The summed E-state index contributed by atoms with van der Waals surface area (Å²) in [6.07, 6.45) is 3.08. The van der Waals surface area contributed by atoms with Gasteiger partial charge in [0, 0.05) is 24.5 Å². The molecule has 0 bridgehead atoms. The van der Waals surface area contributed by atoms with Crippen molar-refractivity contribution in [1.29, 1.82) is 0 Å². The minimum absolute atomic E-state index is 0.695. The number of nitrogens with two attached hydrogens (primary N) is 1. The first-order chi connectivity index (χ1) is 7.38. The number of nitrogen functional groups attached to an aromatic ring is 1. The van der Waals surface area contributed by atoms with Crippen LogP contribution in [-0.2, 0) is 0 Å². The number of hydrogen-bond acceptors (Lipinski definition) is 5. The molecule has 0 saturated carbocycles. The van der Waals surface area contributed by atoms with Gasteiger partial charge in [-0.3, -0.25) is 0 Å². The second kappa shape index (κ2) is 5.23. The molecule has 5 heteroatoms. The van der Waals surface area contributed by atoms with E-state index in [1.165, 1.54) is 17.9 Å². The van der Waals surface area contributed by atoms with Crippen molar-refractivity contribution in [3.05, 3.63) is 18.3 Å². The van der Waals surface area contributed by atoms with E-state index in [2.05, 4.69) is 15.7 Å². The maximum Gasteiger partial charge on any atom is 0.141 e. The van der Waals surface area contributed by atoms with Gasteiger partial charge in [0.2, 0.25) is 0 Å². The quantitative estimate of drug-likeness (QED) is 0.535. The van der Waals surface area contributed by atoms with Crippen molar-refractivity contribution in [1.82, 2.24) is 4.98 Å². The number of hydrogen-bond donors (Lipinski definition) is 3. The van der Waals surface area contributed by atoms with Gasteiger partial charge in [-0.15, -0.1) is 0 Å². The van der Waals surface area contributed by atoms with Gasteiger partial charge < -0.3 is 10.7 Å². The molecule has 1 aromatic rings. The molecule has 0 radical (unpaired) electrons. The minimum Gasteiger partial charge on any atom is -0.385 e. The molecular formula is C10H16N4S. The Balaban J connectivity index is 1.86. The van der Waals surface area contributed by atoms with Gasteiger partial charge in [0.15, 0.2) is 0 Å². The van der Waals surface area contributed by atoms with Gasteiger partial charge in [0.05, 0.1) is 0 Å². The summed E-state index contributed by atoms with van der Waals surface area (Å²) in [4.78, 5) is 4.06. The lowest BCUT2D eigenvalue weighted by molar-refractivity contribution is 0.632. The molecule has 4 N–H and O–H groups in total. The topological polar surface area (TPSA) is 63.0 Å². The van der Waals surface area contributed by atoms with Crippen LogP contribution in [0.1, 0.15) is 6.42 Å². The Morgan fingerprint density at radius 1 is 1.60 bits per heavy atom. The van der Waals surface area contributed by atoms with Crippen molar-refractivity contribution in [3.8, 4) is 0 Å². The average Bonchev–Trinajstić information content (AvgIpc) is 2.79. The molecule has 0 aliphatic carbocycles. The monoisotopic (exact) mass is 224 g/mol. The number of aromatic nitrogens is 1. The maximum absolute atomic E-state index is 5.29. The van der Waals surface area contributed by atoms with Gasteiger partial charge >= 0.3 is 0 Å². The number of nitrogens with zero attached hydrogens (tertiary/aromatic N) is 1. The van der Waals surface area contributed by atoms with Crippen LogP contribution < -0.4 is 16.6 Å². The number of anilines is 2. The summed E-state index contributed by atoms with van der Waals surface area (Å²) in [6.45, 7) is 1.04. The van der Waals surface area contributed by atoms with Crippen LogP contribution in [0.4, 0.5) is 11.5 Å². The van der Waals surface area contributed by atoms with Crippen LogP contribution in [0.15, 0.2) is 18.3 Å². The van der Waals surface area contributed by atoms with E-state index in [1.54, 1.807) is 6.20 Å². The van der Waals surface area contributed by atoms with E-state index >= 15 is 0 Å². The summed E-state index contributed by atoms with van der Waals surface area (Å²) in [5.74, 6) is 9.37. The van der Waals surface area contributed by atoms with Gasteiger partial charge in [0.1, 0.15) is 5.82 Å². The molecule has 82 valence electrons. The fourth-order valence-electron chi connectivity index (χ4n) is 1.63. The third kappa shape index (κ3) is 3.00. The van der Waals surface area contributed by atoms with E-state index in [9.17, 15) is 0 Å². The highest BCUT2D eigenvalue weighted by Gasteiger charge is 2.14. The van der Waals surface area contributed by atoms with Gasteiger partial charge in [-0.25, -0.2) is 10.8 Å². The molecule has 15 heavy (non-hydrogen) atoms. The SMILES string of the molecule is NNc1cc(NCC2CCSC2)ccn1. The molecule has 1 aliphatic heterocycles.